The molecule has 0 bridgehead atoms. The third-order valence-electron chi connectivity index (χ3n) is 4.69. The minimum atomic E-state index is -1.93. The molecule has 0 saturated heterocycles. The first-order valence-electron chi connectivity index (χ1n) is 7.98. The quantitative estimate of drug-likeness (QED) is 0.561. The van der Waals surface area contributed by atoms with Crippen LogP contribution >= 0.6 is 0 Å². The predicted molar refractivity (Wildman–Crippen MR) is 98.8 cm³/mol. The van der Waals surface area contributed by atoms with Gasteiger partial charge in [0.15, 0.2) is 7.83 Å². The zero-order valence-corrected chi connectivity index (χ0v) is 18.6. The fourth-order valence-corrected chi connectivity index (χ4v) is 28.9. The Hall–Kier alpha value is 0.394. The van der Waals surface area contributed by atoms with E-state index in [0.29, 0.717) is 10.1 Å². The highest BCUT2D eigenvalue weighted by Crippen LogP contribution is 2.61. The standard InChI is InChI=1S/C17H40OSi2/c1-14(2,3)19(15(4,5)6)20(18-13,16(7,8)9)17(10,11)12/h19H,1-13H3. The van der Waals surface area contributed by atoms with E-state index in [-0.39, 0.29) is 10.1 Å². The Balaban J connectivity index is 6.51. The van der Waals surface area contributed by atoms with Crippen LogP contribution in [0, 0.1) is 0 Å². The van der Waals surface area contributed by atoms with Gasteiger partial charge in [0.1, 0.15) is 0 Å². The van der Waals surface area contributed by atoms with Crippen LogP contribution in [0.1, 0.15) is 83.1 Å². The average molecular weight is 317 g/mol. The highest BCUT2D eigenvalue weighted by Gasteiger charge is 2.65. The van der Waals surface area contributed by atoms with Gasteiger partial charge in [-0.3, -0.25) is 0 Å². The van der Waals surface area contributed by atoms with Crippen LogP contribution in [0.25, 0.3) is 0 Å². The third kappa shape index (κ3) is 3.59. The number of hydrogen-bond acceptors (Lipinski definition) is 1. The molecular formula is C17H40OSi2. The molecule has 1 nitrogen and oxygen atoms in total. The summed E-state index contributed by atoms with van der Waals surface area (Å²) in [7, 11) is -1.13. The van der Waals surface area contributed by atoms with Gasteiger partial charge in [0, 0.05) is 7.11 Å². The smallest absolute Gasteiger partial charge is 0.187 e. The summed E-state index contributed by atoms with van der Waals surface area (Å²) in [6.07, 6.45) is 0. The lowest BCUT2D eigenvalue weighted by Crippen LogP contribution is -2.70. The van der Waals surface area contributed by atoms with Crippen molar-refractivity contribution < 1.29 is 4.43 Å². The van der Waals surface area contributed by atoms with Gasteiger partial charge in [0.05, 0.1) is 8.31 Å². The fraction of sp³-hybridized carbons (Fsp3) is 1.00. The lowest BCUT2D eigenvalue weighted by atomic mass is 10.2. The van der Waals surface area contributed by atoms with E-state index in [9.17, 15) is 0 Å². The van der Waals surface area contributed by atoms with Gasteiger partial charge in [-0.1, -0.05) is 83.1 Å². The van der Waals surface area contributed by atoms with Crippen molar-refractivity contribution in [2.24, 2.45) is 0 Å². The van der Waals surface area contributed by atoms with Gasteiger partial charge in [-0.2, -0.15) is 0 Å². The van der Waals surface area contributed by atoms with Gasteiger partial charge in [-0.15, -0.1) is 0 Å². The molecule has 0 aromatic rings. The van der Waals surface area contributed by atoms with Crippen molar-refractivity contribution in [2.45, 2.75) is 103 Å². The molecule has 0 aliphatic carbocycles. The molecule has 0 fully saturated rings. The van der Waals surface area contributed by atoms with Crippen LogP contribution in [0.15, 0.2) is 0 Å². The normalized spacial score (nSPS) is 15.9. The molecule has 0 rings (SSSR count). The molecule has 0 spiro atoms. The minimum absolute atomic E-state index is 0.261. The molecule has 0 radical (unpaired) electrons. The first kappa shape index (κ1) is 20.4. The van der Waals surface area contributed by atoms with E-state index in [4.69, 9.17) is 4.43 Å². The molecule has 0 saturated carbocycles. The van der Waals surface area contributed by atoms with Crippen LogP contribution in [-0.2, 0) is 4.43 Å². The fourth-order valence-electron chi connectivity index (χ4n) is 5.24. The Kier molecular flexibility index (Phi) is 5.66. The number of rotatable bonds is 2. The van der Waals surface area contributed by atoms with E-state index in [2.05, 4.69) is 83.1 Å². The van der Waals surface area contributed by atoms with E-state index in [0.717, 1.165) is 0 Å². The largest absolute Gasteiger partial charge is 0.422 e. The Morgan fingerprint density at radius 3 is 0.900 bits per heavy atom. The highest BCUT2D eigenvalue weighted by atomic mass is 29.2. The summed E-state index contributed by atoms with van der Waals surface area (Å²) in [5.74, 6) is 0. The Morgan fingerprint density at radius 2 is 0.850 bits per heavy atom. The summed E-state index contributed by atoms with van der Waals surface area (Å²) in [5.41, 5.74) is 0. The monoisotopic (exact) mass is 316 g/mol. The van der Waals surface area contributed by atoms with Crippen LogP contribution in [-0.4, -0.2) is 23.3 Å². The second-order valence-electron chi connectivity index (χ2n) is 10.6. The lowest BCUT2D eigenvalue weighted by Gasteiger charge is -2.60. The molecular weight excluding hydrogens is 276 g/mol. The molecule has 0 aliphatic heterocycles. The Labute approximate surface area is 131 Å². The van der Waals surface area contributed by atoms with E-state index >= 15 is 0 Å². The number of hydrogen-bond donors (Lipinski definition) is 0. The van der Waals surface area contributed by atoms with E-state index in [1.165, 1.54) is 0 Å². The zero-order chi connectivity index (χ0) is 16.8. The van der Waals surface area contributed by atoms with Crippen LogP contribution in [0.4, 0.5) is 0 Å². The molecule has 0 atom stereocenters. The molecule has 122 valence electrons. The van der Waals surface area contributed by atoms with E-state index < -0.39 is 16.1 Å². The van der Waals surface area contributed by atoms with E-state index in [1.54, 1.807) is 0 Å². The molecule has 0 aliphatic rings. The van der Waals surface area contributed by atoms with Crippen molar-refractivity contribution >= 4 is 16.1 Å². The second-order valence-corrected chi connectivity index (χ2v) is 24.0. The SMILES string of the molecule is CO[Si]([SiH](C(C)(C)C)C(C)(C)C)(C(C)(C)C)C(C)(C)C. The summed E-state index contributed by atoms with van der Waals surface area (Å²) in [5, 5.41) is 1.27. The molecule has 3 heteroatoms. The van der Waals surface area contributed by atoms with Gasteiger partial charge >= 0.3 is 0 Å². The summed E-state index contributed by atoms with van der Waals surface area (Å²) >= 11 is 0. The Morgan fingerprint density at radius 1 is 0.600 bits per heavy atom. The van der Waals surface area contributed by atoms with Crippen LogP contribution in [0.3, 0.4) is 0 Å². The maximum absolute atomic E-state index is 6.58. The van der Waals surface area contributed by atoms with Crippen molar-refractivity contribution in [1.29, 1.82) is 0 Å². The van der Waals surface area contributed by atoms with Gasteiger partial charge in [0.2, 0.25) is 0 Å². The van der Waals surface area contributed by atoms with Gasteiger partial charge < -0.3 is 4.43 Å². The zero-order valence-electron chi connectivity index (χ0n) is 16.5. The third-order valence-corrected chi connectivity index (χ3v) is 27.6. The van der Waals surface area contributed by atoms with Crippen LogP contribution in [0.5, 0.6) is 0 Å². The van der Waals surface area contributed by atoms with Crippen molar-refractivity contribution in [3.63, 3.8) is 0 Å². The molecule has 0 unspecified atom stereocenters. The van der Waals surface area contributed by atoms with Gasteiger partial charge in [-0.05, 0) is 20.2 Å². The molecule has 0 aromatic heterocycles. The van der Waals surface area contributed by atoms with Crippen LogP contribution in [0.2, 0.25) is 20.2 Å². The second kappa shape index (κ2) is 5.55. The first-order chi connectivity index (χ1) is 8.43. The summed E-state index contributed by atoms with van der Waals surface area (Å²) < 4.78 is 6.58. The van der Waals surface area contributed by atoms with Crippen molar-refractivity contribution in [3.05, 3.63) is 0 Å². The van der Waals surface area contributed by atoms with Crippen molar-refractivity contribution in [3.8, 4) is 0 Å². The molecule has 0 N–H and O–H groups in total. The van der Waals surface area contributed by atoms with Gasteiger partial charge in [-0.25, -0.2) is 0 Å². The maximum Gasteiger partial charge on any atom is 0.187 e. The van der Waals surface area contributed by atoms with Crippen molar-refractivity contribution in [1.82, 2.24) is 0 Å². The van der Waals surface area contributed by atoms with E-state index in [1.807, 2.05) is 7.11 Å². The summed E-state index contributed by atoms with van der Waals surface area (Å²) in [6, 6.07) is 0. The van der Waals surface area contributed by atoms with Crippen LogP contribution < -0.4 is 0 Å². The van der Waals surface area contributed by atoms with Gasteiger partial charge in [0.25, 0.3) is 0 Å². The molecule has 0 aromatic carbocycles. The molecule has 0 heterocycles. The Bertz CT molecular complexity index is 293. The van der Waals surface area contributed by atoms with Crippen molar-refractivity contribution in [2.75, 3.05) is 7.11 Å². The minimum Gasteiger partial charge on any atom is -0.422 e. The summed E-state index contributed by atoms with van der Waals surface area (Å²) in [4.78, 5) is 0. The first-order valence-corrected chi connectivity index (χ1v) is 12.9. The maximum atomic E-state index is 6.58. The lowest BCUT2D eigenvalue weighted by molar-refractivity contribution is 0.342. The predicted octanol–water partition coefficient (Wildman–Crippen LogP) is 6.08. The topological polar surface area (TPSA) is 9.23 Å². The highest BCUT2D eigenvalue weighted by molar-refractivity contribution is 7.34. The molecule has 20 heavy (non-hydrogen) atoms. The average Bonchev–Trinajstić information content (AvgIpc) is 2.04. The molecule has 0 amide bonds. The summed E-state index contributed by atoms with van der Waals surface area (Å²) in [6.45, 7) is 29.2.